The first-order valence-corrected chi connectivity index (χ1v) is 6.77. The monoisotopic (exact) mass is 307 g/mol. The Bertz CT molecular complexity index is 526. The van der Waals surface area contributed by atoms with E-state index in [1.54, 1.807) is 0 Å². The molecular weight excluding hydrogens is 290 g/mol. The molecule has 0 saturated carbocycles. The van der Waals surface area contributed by atoms with E-state index in [-0.39, 0.29) is 5.54 Å². The molecule has 18 heavy (non-hydrogen) atoms. The highest BCUT2D eigenvalue weighted by Crippen LogP contribution is 2.15. The number of aromatic nitrogens is 2. The highest BCUT2D eigenvalue weighted by Gasteiger charge is 2.09. The predicted octanol–water partition coefficient (Wildman–Crippen LogP) is 3.52. The Balaban J connectivity index is 2.11. The van der Waals surface area contributed by atoms with Crippen LogP contribution in [0.4, 0.5) is 0 Å². The lowest BCUT2D eigenvalue weighted by Crippen LogP contribution is -2.35. The Kier molecular flexibility index (Phi) is 3.88. The smallest absolute Gasteiger partial charge is 0.0995 e. The van der Waals surface area contributed by atoms with E-state index in [0.29, 0.717) is 0 Å². The predicted molar refractivity (Wildman–Crippen MR) is 77.9 cm³/mol. The van der Waals surface area contributed by atoms with E-state index in [1.807, 2.05) is 23.0 Å². The number of hydrogen-bond donors (Lipinski definition) is 1. The number of imidazole rings is 1. The van der Waals surface area contributed by atoms with E-state index in [2.05, 4.69) is 65.3 Å². The van der Waals surface area contributed by atoms with E-state index in [1.165, 1.54) is 0 Å². The minimum absolute atomic E-state index is 0.111. The van der Waals surface area contributed by atoms with Crippen molar-refractivity contribution >= 4 is 15.9 Å². The van der Waals surface area contributed by atoms with Gasteiger partial charge in [-0.05, 0) is 39.0 Å². The lowest BCUT2D eigenvalue weighted by molar-refractivity contribution is 0.421. The summed E-state index contributed by atoms with van der Waals surface area (Å²) < 4.78 is 3.10. The first-order chi connectivity index (χ1) is 8.44. The van der Waals surface area contributed by atoms with Crippen molar-refractivity contribution in [1.82, 2.24) is 14.9 Å². The zero-order valence-electron chi connectivity index (χ0n) is 10.9. The van der Waals surface area contributed by atoms with Crippen molar-refractivity contribution in [3.63, 3.8) is 0 Å². The Morgan fingerprint density at radius 1 is 1.33 bits per heavy atom. The zero-order chi connectivity index (χ0) is 13.2. The van der Waals surface area contributed by atoms with Gasteiger partial charge < -0.3 is 9.88 Å². The fraction of sp³-hybridized carbons (Fsp3) is 0.357. The average Bonchev–Trinajstić information content (AvgIpc) is 2.74. The van der Waals surface area contributed by atoms with Gasteiger partial charge in [-0.2, -0.15) is 0 Å². The Labute approximate surface area is 116 Å². The van der Waals surface area contributed by atoms with Crippen molar-refractivity contribution in [1.29, 1.82) is 0 Å². The van der Waals surface area contributed by atoms with Gasteiger partial charge in [0.05, 0.1) is 12.0 Å². The van der Waals surface area contributed by atoms with Crippen molar-refractivity contribution in [3.8, 4) is 5.69 Å². The van der Waals surface area contributed by atoms with Gasteiger partial charge in [-0.15, -0.1) is 0 Å². The molecule has 3 nitrogen and oxygen atoms in total. The second-order valence-electron chi connectivity index (χ2n) is 5.36. The molecule has 0 amide bonds. The van der Waals surface area contributed by atoms with Crippen LogP contribution < -0.4 is 5.32 Å². The van der Waals surface area contributed by atoms with Gasteiger partial charge in [-0.1, -0.05) is 22.0 Å². The first kappa shape index (κ1) is 13.3. The van der Waals surface area contributed by atoms with Crippen LogP contribution in [0.3, 0.4) is 0 Å². The second-order valence-corrected chi connectivity index (χ2v) is 6.27. The molecule has 4 heteroatoms. The number of halogens is 1. The zero-order valence-corrected chi connectivity index (χ0v) is 12.5. The molecule has 0 spiro atoms. The van der Waals surface area contributed by atoms with Crippen molar-refractivity contribution in [2.75, 3.05) is 0 Å². The van der Waals surface area contributed by atoms with Gasteiger partial charge in [0, 0.05) is 28.4 Å². The summed E-state index contributed by atoms with van der Waals surface area (Å²) in [5.41, 5.74) is 2.27. The van der Waals surface area contributed by atoms with E-state index in [9.17, 15) is 0 Å². The van der Waals surface area contributed by atoms with Gasteiger partial charge in [-0.25, -0.2) is 4.98 Å². The minimum Gasteiger partial charge on any atom is -0.306 e. The van der Waals surface area contributed by atoms with Crippen LogP contribution in [0.15, 0.2) is 41.3 Å². The maximum atomic E-state index is 4.41. The molecule has 2 aromatic rings. The summed E-state index contributed by atoms with van der Waals surface area (Å²) in [5.74, 6) is 0. The average molecular weight is 308 g/mol. The van der Waals surface area contributed by atoms with Crippen molar-refractivity contribution in [3.05, 3.63) is 47.0 Å². The summed E-state index contributed by atoms with van der Waals surface area (Å²) in [6, 6.07) is 8.17. The van der Waals surface area contributed by atoms with E-state index in [0.717, 1.165) is 22.4 Å². The topological polar surface area (TPSA) is 29.9 Å². The molecule has 0 saturated heterocycles. The van der Waals surface area contributed by atoms with Crippen LogP contribution in [0.5, 0.6) is 0 Å². The molecule has 1 aromatic heterocycles. The lowest BCUT2D eigenvalue weighted by atomic mass is 10.1. The first-order valence-electron chi connectivity index (χ1n) is 5.98. The molecule has 0 aliphatic rings. The lowest BCUT2D eigenvalue weighted by Gasteiger charge is -2.19. The maximum absolute atomic E-state index is 4.41. The number of nitrogens with zero attached hydrogens (tertiary/aromatic N) is 2. The molecule has 0 unspecified atom stereocenters. The summed E-state index contributed by atoms with van der Waals surface area (Å²) in [5, 5.41) is 3.43. The van der Waals surface area contributed by atoms with Gasteiger partial charge in [0.25, 0.3) is 0 Å². The minimum atomic E-state index is 0.111. The molecule has 0 atom stereocenters. The molecule has 2 rings (SSSR count). The van der Waals surface area contributed by atoms with Crippen LogP contribution in [0.25, 0.3) is 5.69 Å². The highest BCUT2D eigenvalue weighted by atomic mass is 79.9. The normalized spacial score (nSPS) is 11.8. The Hall–Kier alpha value is -1.13. The summed E-state index contributed by atoms with van der Waals surface area (Å²) >= 11 is 3.48. The number of rotatable bonds is 3. The van der Waals surface area contributed by atoms with Gasteiger partial charge in [-0.3, -0.25) is 0 Å². The molecule has 0 bridgehead atoms. The number of nitrogens with one attached hydrogen (secondary N) is 1. The van der Waals surface area contributed by atoms with E-state index in [4.69, 9.17) is 0 Å². The van der Waals surface area contributed by atoms with Crippen molar-refractivity contribution < 1.29 is 0 Å². The summed E-state index contributed by atoms with van der Waals surface area (Å²) in [6.07, 6.45) is 3.90. The maximum Gasteiger partial charge on any atom is 0.0995 e. The second kappa shape index (κ2) is 5.24. The SMILES string of the molecule is CC(C)(C)NCc1cn(-c2cccc(Br)c2)cn1. The van der Waals surface area contributed by atoms with Crippen LogP contribution in [0.1, 0.15) is 26.5 Å². The van der Waals surface area contributed by atoms with Crippen molar-refractivity contribution in [2.45, 2.75) is 32.9 Å². The quantitative estimate of drug-likeness (QED) is 0.940. The Morgan fingerprint density at radius 2 is 2.11 bits per heavy atom. The largest absolute Gasteiger partial charge is 0.306 e. The van der Waals surface area contributed by atoms with Crippen LogP contribution in [0, 0.1) is 0 Å². The van der Waals surface area contributed by atoms with E-state index >= 15 is 0 Å². The Morgan fingerprint density at radius 3 is 2.78 bits per heavy atom. The van der Waals surface area contributed by atoms with Gasteiger partial charge in [0.2, 0.25) is 0 Å². The van der Waals surface area contributed by atoms with Crippen molar-refractivity contribution in [2.24, 2.45) is 0 Å². The van der Waals surface area contributed by atoms with Crippen LogP contribution in [-0.4, -0.2) is 15.1 Å². The fourth-order valence-corrected chi connectivity index (χ4v) is 1.98. The summed E-state index contributed by atoms with van der Waals surface area (Å²) in [7, 11) is 0. The third-order valence-corrected chi connectivity index (χ3v) is 3.04. The fourth-order valence-electron chi connectivity index (χ4n) is 1.59. The third kappa shape index (κ3) is 3.68. The molecular formula is C14H18BrN3. The van der Waals surface area contributed by atoms with Gasteiger partial charge >= 0.3 is 0 Å². The molecule has 0 aliphatic heterocycles. The van der Waals surface area contributed by atoms with Crippen LogP contribution >= 0.6 is 15.9 Å². The molecule has 1 N–H and O–H groups in total. The van der Waals surface area contributed by atoms with Crippen LogP contribution in [0.2, 0.25) is 0 Å². The standard InChI is InChI=1S/C14H18BrN3/c1-14(2,3)17-8-12-9-18(10-16-12)13-6-4-5-11(15)7-13/h4-7,9-10,17H,8H2,1-3H3. The summed E-state index contributed by atoms with van der Waals surface area (Å²) in [4.78, 5) is 4.41. The molecule has 0 fully saturated rings. The summed E-state index contributed by atoms with van der Waals surface area (Å²) in [6.45, 7) is 7.24. The van der Waals surface area contributed by atoms with Gasteiger partial charge in [0.15, 0.2) is 0 Å². The highest BCUT2D eigenvalue weighted by molar-refractivity contribution is 9.10. The van der Waals surface area contributed by atoms with Gasteiger partial charge in [0.1, 0.15) is 0 Å². The molecule has 0 aliphatic carbocycles. The molecule has 0 radical (unpaired) electrons. The number of hydrogen-bond acceptors (Lipinski definition) is 2. The third-order valence-electron chi connectivity index (χ3n) is 2.54. The van der Waals surface area contributed by atoms with Crippen LogP contribution in [-0.2, 0) is 6.54 Å². The molecule has 1 heterocycles. The van der Waals surface area contributed by atoms with E-state index < -0.39 is 0 Å². The molecule has 1 aromatic carbocycles. The number of benzene rings is 1. The molecule has 96 valence electrons.